The number of carbonyl (C=O) groups is 1. The van der Waals surface area contributed by atoms with Crippen molar-refractivity contribution < 1.29 is 4.79 Å². The number of nitrogens with one attached hydrogen (secondary N) is 2. The molecule has 2 heterocycles. The number of hydrogen-bond donors (Lipinski definition) is 2. The second kappa shape index (κ2) is 5.71. The molecular weight excluding hydrogens is 270 g/mol. The molecule has 0 aliphatic heterocycles. The summed E-state index contributed by atoms with van der Waals surface area (Å²) in [6.07, 6.45) is 1.56. The Hall–Kier alpha value is -2.40. The van der Waals surface area contributed by atoms with Crippen LogP contribution in [0, 0.1) is 0 Å². The van der Waals surface area contributed by atoms with Crippen molar-refractivity contribution in [3.63, 3.8) is 0 Å². The fourth-order valence-electron chi connectivity index (χ4n) is 1.94. The van der Waals surface area contributed by atoms with E-state index in [0.717, 1.165) is 16.1 Å². The number of carbonyl (C=O) groups excluding carboxylic acids is 1. The Morgan fingerprint density at radius 3 is 2.80 bits per heavy atom. The van der Waals surface area contributed by atoms with Gasteiger partial charge in [-0.1, -0.05) is 36.4 Å². The zero-order valence-electron chi connectivity index (χ0n) is 10.7. The molecule has 0 unspecified atom stereocenters. The smallest absolute Gasteiger partial charge is 0.255 e. The van der Waals surface area contributed by atoms with Crippen LogP contribution in [0.15, 0.2) is 54.0 Å². The van der Waals surface area contributed by atoms with E-state index in [9.17, 15) is 4.79 Å². The molecule has 2 N–H and O–H groups in total. The lowest BCUT2D eigenvalue weighted by atomic mass is 10.2. The SMILES string of the molecule is O=C(NCc1ccccc1)c1cn[nH]c1-c1cccs1. The van der Waals surface area contributed by atoms with Crippen LogP contribution in [0.3, 0.4) is 0 Å². The number of amides is 1. The largest absolute Gasteiger partial charge is 0.348 e. The number of rotatable bonds is 4. The summed E-state index contributed by atoms with van der Waals surface area (Å²) in [7, 11) is 0. The molecule has 3 rings (SSSR count). The highest BCUT2D eigenvalue weighted by atomic mass is 32.1. The van der Waals surface area contributed by atoms with Gasteiger partial charge in [0, 0.05) is 6.54 Å². The molecule has 0 radical (unpaired) electrons. The number of benzene rings is 1. The molecule has 0 spiro atoms. The van der Waals surface area contributed by atoms with Gasteiger partial charge in [-0.25, -0.2) is 0 Å². The number of H-pyrrole nitrogens is 1. The minimum atomic E-state index is -0.119. The van der Waals surface area contributed by atoms with E-state index in [1.165, 1.54) is 0 Å². The molecule has 0 atom stereocenters. The van der Waals surface area contributed by atoms with Gasteiger partial charge in [-0.3, -0.25) is 9.89 Å². The first kappa shape index (κ1) is 12.6. The summed E-state index contributed by atoms with van der Waals surface area (Å²) >= 11 is 1.58. The van der Waals surface area contributed by atoms with E-state index in [-0.39, 0.29) is 5.91 Å². The van der Waals surface area contributed by atoms with Gasteiger partial charge in [0.15, 0.2) is 0 Å². The van der Waals surface area contributed by atoms with Gasteiger partial charge in [0.2, 0.25) is 0 Å². The molecule has 100 valence electrons. The van der Waals surface area contributed by atoms with Crippen LogP contribution >= 0.6 is 11.3 Å². The van der Waals surface area contributed by atoms with Crippen LogP contribution in [-0.2, 0) is 6.54 Å². The maximum Gasteiger partial charge on any atom is 0.255 e. The van der Waals surface area contributed by atoms with E-state index >= 15 is 0 Å². The number of thiophene rings is 1. The zero-order chi connectivity index (χ0) is 13.8. The first-order valence-corrected chi connectivity index (χ1v) is 7.12. The molecule has 20 heavy (non-hydrogen) atoms. The lowest BCUT2D eigenvalue weighted by molar-refractivity contribution is 0.0951. The maximum atomic E-state index is 12.2. The third-order valence-corrected chi connectivity index (χ3v) is 3.83. The quantitative estimate of drug-likeness (QED) is 0.773. The van der Waals surface area contributed by atoms with Crippen LogP contribution in [0.2, 0.25) is 0 Å². The van der Waals surface area contributed by atoms with Gasteiger partial charge in [-0.15, -0.1) is 11.3 Å². The van der Waals surface area contributed by atoms with E-state index in [4.69, 9.17) is 0 Å². The lowest BCUT2D eigenvalue weighted by Crippen LogP contribution is -2.22. The highest BCUT2D eigenvalue weighted by molar-refractivity contribution is 7.13. The van der Waals surface area contributed by atoms with E-state index in [2.05, 4.69) is 15.5 Å². The summed E-state index contributed by atoms with van der Waals surface area (Å²) in [6.45, 7) is 0.509. The van der Waals surface area contributed by atoms with Crippen molar-refractivity contribution in [2.75, 3.05) is 0 Å². The summed E-state index contributed by atoms with van der Waals surface area (Å²) in [5.41, 5.74) is 2.41. The van der Waals surface area contributed by atoms with Crippen LogP contribution in [0.25, 0.3) is 10.6 Å². The van der Waals surface area contributed by atoms with Gasteiger partial charge in [0.25, 0.3) is 5.91 Å². The molecule has 0 bridgehead atoms. The number of nitrogens with zero attached hydrogens (tertiary/aromatic N) is 1. The molecule has 1 amide bonds. The van der Waals surface area contributed by atoms with Crippen molar-refractivity contribution in [3.05, 3.63) is 65.2 Å². The van der Waals surface area contributed by atoms with Crippen molar-refractivity contribution in [1.29, 1.82) is 0 Å². The first-order valence-electron chi connectivity index (χ1n) is 6.24. The summed E-state index contributed by atoms with van der Waals surface area (Å²) in [5.74, 6) is -0.119. The van der Waals surface area contributed by atoms with Gasteiger partial charge in [0.05, 0.1) is 22.3 Å². The van der Waals surface area contributed by atoms with Crippen LogP contribution in [-0.4, -0.2) is 16.1 Å². The fraction of sp³-hybridized carbons (Fsp3) is 0.0667. The average Bonchev–Trinajstić information content (AvgIpc) is 3.15. The molecular formula is C15H13N3OS. The molecule has 3 aromatic rings. The second-order valence-electron chi connectivity index (χ2n) is 4.30. The second-order valence-corrected chi connectivity index (χ2v) is 5.25. The van der Waals surface area contributed by atoms with Crippen LogP contribution in [0.1, 0.15) is 15.9 Å². The topological polar surface area (TPSA) is 57.8 Å². The van der Waals surface area contributed by atoms with E-state index in [1.807, 2.05) is 47.8 Å². The molecule has 4 nitrogen and oxygen atoms in total. The number of aromatic nitrogens is 2. The minimum absolute atomic E-state index is 0.119. The fourth-order valence-corrected chi connectivity index (χ4v) is 2.67. The Morgan fingerprint density at radius 2 is 2.05 bits per heavy atom. The Balaban J connectivity index is 1.74. The molecule has 0 saturated carbocycles. The predicted octanol–water partition coefficient (Wildman–Crippen LogP) is 3.07. The van der Waals surface area contributed by atoms with Gasteiger partial charge in [0.1, 0.15) is 0 Å². The molecule has 0 aliphatic carbocycles. The molecule has 2 aromatic heterocycles. The van der Waals surface area contributed by atoms with Crippen molar-refractivity contribution in [1.82, 2.24) is 15.5 Å². The monoisotopic (exact) mass is 283 g/mol. The summed E-state index contributed by atoms with van der Waals surface area (Å²) < 4.78 is 0. The standard InChI is InChI=1S/C15H13N3OS/c19-15(16-9-11-5-2-1-3-6-11)12-10-17-18-14(12)13-7-4-8-20-13/h1-8,10H,9H2,(H,16,19)(H,17,18). The van der Waals surface area contributed by atoms with Gasteiger partial charge >= 0.3 is 0 Å². The number of hydrogen-bond acceptors (Lipinski definition) is 3. The van der Waals surface area contributed by atoms with E-state index in [0.29, 0.717) is 12.1 Å². The predicted molar refractivity (Wildman–Crippen MR) is 79.5 cm³/mol. The Bertz CT molecular complexity index is 689. The van der Waals surface area contributed by atoms with Crippen LogP contribution in [0.4, 0.5) is 0 Å². The van der Waals surface area contributed by atoms with Crippen molar-refractivity contribution in [2.45, 2.75) is 6.54 Å². The van der Waals surface area contributed by atoms with Crippen molar-refractivity contribution in [3.8, 4) is 10.6 Å². The highest BCUT2D eigenvalue weighted by Crippen LogP contribution is 2.25. The van der Waals surface area contributed by atoms with E-state index in [1.54, 1.807) is 17.5 Å². The molecule has 1 aromatic carbocycles. The zero-order valence-corrected chi connectivity index (χ0v) is 11.5. The third kappa shape index (κ3) is 2.62. The molecule has 5 heteroatoms. The molecule has 0 aliphatic rings. The van der Waals surface area contributed by atoms with E-state index < -0.39 is 0 Å². The highest BCUT2D eigenvalue weighted by Gasteiger charge is 2.15. The Labute approximate surface area is 120 Å². The van der Waals surface area contributed by atoms with Crippen molar-refractivity contribution in [2.24, 2.45) is 0 Å². The summed E-state index contributed by atoms with van der Waals surface area (Å²) in [4.78, 5) is 13.2. The Morgan fingerprint density at radius 1 is 1.20 bits per heavy atom. The lowest BCUT2D eigenvalue weighted by Gasteiger charge is -2.05. The van der Waals surface area contributed by atoms with Gasteiger partial charge in [-0.2, -0.15) is 5.10 Å². The summed E-state index contributed by atoms with van der Waals surface area (Å²) in [5, 5.41) is 11.7. The molecule has 0 fully saturated rings. The average molecular weight is 283 g/mol. The van der Waals surface area contributed by atoms with Crippen LogP contribution in [0.5, 0.6) is 0 Å². The Kier molecular flexibility index (Phi) is 3.60. The van der Waals surface area contributed by atoms with Gasteiger partial charge in [-0.05, 0) is 17.0 Å². The summed E-state index contributed by atoms with van der Waals surface area (Å²) in [6, 6.07) is 13.7. The third-order valence-electron chi connectivity index (χ3n) is 2.95. The maximum absolute atomic E-state index is 12.2. The number of aromatic amines is 1. The van der Waals surface area contributed by atoms with Crippen LogP contribution < -0.4 is 5.32 Å². The first-order chi connectivity index (χ1) is 9.84. The molecule has 0 saturated heterocycles. The van der Waals surface area contributed by atoms with Gasteiger partial charge < -0.3 is 5.32 Å². The minimum Gasteiger partial charge on any atom is -0.348 e. The normalized spacial score (nSPS) is 10.4. The van der Waals surface area contributed by atoms with Crippen molar-refractivity contribution >= 4 is 17.2 Å².